The number of furan rings is 1. The minimum atomic E-state index is -0.430. The number of ether oxygens (including phenoxy) is 3. The number of para-hydroxylation sites is 1. The van der Waals surface area contributed by atoms with Crippen molar-refractivity contribution in [2.24, 2.45) is 5.10 Å². The summed E-state index contributed by atoms with van der Waals surface area (Å²) in [7, 11) is 1.54. The van der Waals surface area contributed by atoms with Gasteiger partial charge in [-0.15, -0.1) is 0 Å². The van der Waals surface area contributed by atoms with Crippen molar-refractivity contribution < 1.29 is 23.4 Å². The molecule has 3 aromatic rings. The quantitative estimate of drug-likeness (QED) is 0.584. The summed E-state index contributed by atoms with van der Waals surface area (Å²) in [6.07, 6.45) is 1.49. The summed E-state index contributed by atoms with van der Waals surface area (Å²) >= 11 is 0. The average Bonchev–Trinajstić information content (AvgIpc) is 3.27. The minimum Gasteiger partial charge on any atom is -0.493 e. The van der Waals surface area contributed by atoms with E-state index in [1.54, 1.807) is 31.4 Å². The zero-order valence-corrected chi connectivity index (χ0v) is 13.3. The maximum absolute atomic E-state index is 12.1. The number of carbonyl (C=O) groups excluding carboxylic acids is 1. The highest BCUT2D eigenvalue weighted by Gasteiger charge is 2.19. The third-order valence-electron chi connectivity index (χ3n) is 3.71. The number of benzene rings is 2. The van der Waals surface area contributed by atoms with E-state index in [4.69, 9.17) is 18.6 Å². The number of fused-ring (bicyclic) bond motifs is 2. The van der Waals surface area contributed by atoms with Gasteiger partial charge in [-0.25, -0.2) is 5.43 Å². The molecule has 0 bridgehead atoms. The lowest BCUT2D eigenvalue weighted by Gasteiger charge is -2.05. The summed E-state index contributed by atoms with van der Waals surface area (Å²) < 4.78 is 21.4. The van der Waals surface area contributed by atoms with E-state index in [1.807, 2.05) is 18.2 Å². The van der Waals surface area contributed by atoms with E-state index >= 15 is 0 Å². The zero-order chi connectivity index (χ0) is 17.2. The number of hydrazone groups is 1. The van der Waals surface area contributed by atoms with Gasteiger partial charge in [-0.05, 0) is 24.3 Å². The third kappa shape index (κ3) is 2.87. The summed E-state index contributed by atoms with van der Waals surface area (Å²) in [5, 5.41) is 4.81. The van der Waals surface area contributed by atoms with Gasteiger partial charge in [0, 0.05) is 10.9 Å². The lowest BCUT2D eigenvalue weighted by Crippen LogP contribution is -2.16. The first-order chi connectivity index (χ1) is 12.2. The molecule has 0 unspecified atom stereocenters. The van der Waals surface area contributed by atoms with Crippen LogP contribution in [0, 0.1) is 0 Å². The number of rotatable bonds is 4. The van der Waals surface area contributed by atoms with Crippen molar-refractivity contribution in [3.63, 3.8) is 0 Å². The Kier molecular flexibility index (Phi) is 3.74. The van der Waals surface area contributed by atoms with Crippen molar-refractivity contribution in [2.45, 2.75) is 0 Å². The number of nitrogens with zero attached hydrogens (tertiary/aromatic N) is 1. The zero-order valence-electron chi connectivity index (χ0n) is 13.3. The number of nitrogens with one attached hydrogen (secondary N) is 1. The molecule has 1 aliphatic heterocycles. The molecule has 0 saturated carbocycles. The van der Waals surface area contributed by atoms with Crippen LogP contribution in [0.1, 0.15) is 16.1 Å². The molecule has 4 rings (SSSR count). The maximum Gasteiger partial charge on any atom is 0.307 e. The Hall–Kier alpha value is -3.48. The van der Waals surface area contributed by atoms with Gasteiger partial charge in [-0.1, -0.05) is 18.2 Å². The molecule has 1 aromatic heterocycles. The van der Waals surface area contributed by atoms with Crippen LogP contribution in [-0.2, 0) is 0 Å². The van der Waals surface area contributed by atoms with Crippen molar-refractivity contribution in [3.8, 4) is 17.2 Å². The van der Waals surface area contributed by atoms with Crippen LogP contribution in [-0.4, -0.2) is 26.0 Å². The molecule has 0 fully saturated rings. The first-order valence-electron chi connectivity index (χ1n) is 7.54. The fraction of sp³-hybridized carbons (Fsp3) is 0.111. The van der Waals surface area contributed by atoms with Gasteiger partial charge >= 0.3 is 5.91 Å². The highest BCUT2D eigenvalue weighted by Crippen LogP contribution is 2.41. The Morgan fingerprint density at radius 1 is 1.24 bits per heavy atom. The van der Waals surface area contributed by atoms with Crippen LogP contribution >= 0.6 is 0 Å². The van der Waals surface area contributed by atoms with E-state index in [9.17, 15) is 4.79 Å². The van der Waals surface area contributed by atoms with Crippen LogP contribution in [0.3, 0.4) is 0 Å². The molecule has 0 radical (unpaired) electrons. The second kappa shape index (κ2) is 6.20. The van der Waals surface area contributed by atoms with Crippen LogP contribution in [0.25, 0.3) is 11.0 Å². The van der Waals surface area contributed by atoms with Crippen LogP contribution in [0.15, 0.2) is 52.0 Å². The normalized spacial score (nSPS) is 12.7. The summed E-state index contributed by atoms with van der Waals surface area (Å²) in [6, 6.07) is 12.6. The predicted octanol–water partition coefficient (Wildman–Crippen LogP) is 2.93. The Morgan fingerprint density at radius 2 is 2.12 bits per heavy atom. The summed E-state index contributed by atoms with van der Waals surface area (Å²) in [5.41, 5.74) is 3.79. The highest BCUT2D eigenvalue weighted by molar-refractivity contribution is 5.96. The van der Waals surface area contributed by atoms with E-state index in [2.05, 4.69) is 10.5 Å². The third-order valence-corrected chi connectivity index (χ3v) is 3.71. The molecule has 1 amide bonds. The molecule has 2 aromatic carbocycles. The Balaban J connectivity index is 1.50. The monoisotopic (exact) mass is 338 g/mol. The van der Waals surface area contributed by atoms with E-state index < -0.39 is 5.91 Å². The molecule has 2 heterocycles. The average molecular weight is 338 g/mol. The molecule has 0 atom stereocenters. The second-order valence-electron chi connectivity index (χ2n) is 5.30. The second-order valence-corrected chi connectivity index (χ2v) is 5.30. The molecule has 126 valence electrons. The number of methoxy groups -OCH3 is 1. The number of amides is 1. The fourth-order valence-electron chi connectivity index (χ4n) is 2.54. The number of hydrogen-bond acceptors (Lipinski definition) is 6. The van der Waals surface area contributed by atoms with Gasteiger partial charge in [-0.3, -0.25) is 4.79 Å². The van der Waals surface area contributed by atoms with Crippen LogP contribution in [0.5, 0.6) is 17.2 Å². The van der Waals surface area contributed by atoms with Gasteiger partial charge in [0.05, 0.1) is 13.3 Å². The van der Waals surface area contributed by atoms with E-state index in [0.717, 1.165) is 5.39 Å². The topological polar surface area (TPSA) is 82.3 Å². The van der Waals surface area contributed by atoms with Crippen LogP contribution < -0.4 is 19.6 Å². The molecule has 0 saturated heterocycles. The number of carbonyl (C=O) groups is 1. The summed E-state index contributed by atoms with van der Waals surface area (Å²) in [5.74, 6) is 1.44. The van der Waals surface area contributed by atoms with Crippen molar-refractivity contribution >= 4 is 23.1 Å². The van der Waals surface area contributed by atoms with Crippen molar-refractivity contribution in [1.29, 1.82) is 0 Å². The number of hydrogen-bond donors (Lipinski definition) is 1. The fourth-order valence-corrected chi connectivity index (χ4v) is 2.54. The smallest absolute Gasteiger partial charge is 0.307 e. The SMILES string of the molecule is COc1cc(/C=N/NC(=O)c2cc3ccccc3o2)cc2c1OCO2. The molecular formula is C18H14N2O5. The van der Waals surface area contributed by atoms with Crippen LogP contribution in [0.4, 0.5) is 0 Å². The van der Waals surface area contributed by atoms with Gasteiger partial charge in [0.25, 0.3) is 0 Å². The molecular weight excluding hydrogens is 324 g/mol. The van der Waals surface area contributed by atoms with Gasteiger partial charge < -0.3 is 18.6 Å². The summed E-state index contributed by atoms with van der Waals surface area (Å²) in [4.78, 5) is 12.1. The van der Waals surface area contributed by atoms with Crippen molar-refractivity contribution in [1.82, 2.24) is 5.43 Å². The predicted molar refractivity (Wildman–Crippen MR) is 90.4 cm³/mol. The van der Waals surface area contributed by atoms with Gasteiger partial charge in [0.1, 0.15) is 5.58 Å². The Morgan fingerprint density at radius 3 is 2.96 bits per heavy atom. The highest BCUT2D eigenvalue weighted by atomic mass is 16.7. The van der Waals surface area contributed by atoms with E-state index in [-0.39, 0.29) is 12.6 Å². The summed E-state index contributed by atoms with van der Waals surface area (Å²) in [6.45, 7) is 0.148. The molecule has 1 aliphatic rings. The van der Waals surface area contributed by atoms with Gasteiger partial charge in [0.2, 0.25) is 12.5 Å². The molecule has 0 aliphatic carbocycles. The van der Waals surface area contributed by atoms with E-state index in [0.29, 0.717) is 28.4 Å². The van der Waals surface area contributed by atoms with Crippen LogP contribution in [0.2, 0.25) is 0 Å². The van der Waals surface area contributed by atoms with Gasteiger partial charge in [-0.2, -0.15) is 5.10 Å². The molecule has 1 N–H and O–H groups in total. The minimum absolute atomic E-state index is 0.148. The molecule has 0 spiro atoms. The van der Waals surface area contributed by atoms with Crippen molar-refractivity contribution in [3.05, 3.63) is 53.8 Å². The molecule has 25 heavy (non-hydrogen) atoms. The largest absolute Gasteiger partial charge is 0.493 e. The Bertz CT molecular complexity index is 944. The lowest BCUT2D eigenvalue weighted by molar-refractivity contribution is 0.0929. The standard InChI is InChI=1S/C18H14N2O5/c1-22-14-6-11(7-15-17(14)24-10-23-15)9-19-20-18(21)16-8-12-4-2-3-5-13(12)25-16/h2-9H,10H2,1H3,(H,20,21)/b19-9+. The maximum atomic E-state index is 12.1. The first kappa shape index (κ1) is 15.1. The van der Waals surface area contributed by atoms with E-state index in [1.165, 1.54) is 6.21 Å². The molecule has 7 heteroatoms. The lowest BCUT2D eigenvalue weighted by atomic mass is 10.2. The van der Waals surface area contributed by atoms with Crippen molar-refractivity contribution in [2.75, 3.05) is 13.9 Å². The molecule has 7 nitrogen and oxygen atoms in total. The first-order valence-corrected chi connectivity index (χ1v) is 7.54. The Labute approximate surface area is 142 Å². The van der Waals surface area contributed by atoms with Gasteiger partial charge in [0.15, 0.2) is 17.3 Å².